The molecule has 0 heterocycles. The number of thioether (sulfide) groups is 1. The molecule has 0 aliphatic heterocycles. The van der Waals surface area contributed by atoms with Gasteiger partial charge in [0.25, 0.3) is 0 Å². The molecule has 0 saturated heterocycles. The first-order chi connectivity index (χ1) is 9.19. The van der Waals surface area contributed by atoms with Crippen molar-refractivity contribution >= 4 is 22.8 Å². The van der Waals surface area contributed by atoms with Crippen molar-refractivity contribution in [3.8, 4) is 0 Å². The van der Waals surface area contributed by atoms with Crippen molar-refractivity contribution < 1.29 is 14.3 Å². The highest BCUT2D eigenvalue weighted by molar-refractivity contribution is 8.13. The van der Waals surface area contributed by atoms with Gasteiger partial charge in [0.2, 0.25) is 5.12 Å². The number of carbonyl (C=O) groups excluding carboxylic acids is 2. The summed E-state index contributed by atoms with van der Waals surface area (Å²) >= 11 is 1.24. The maximum absolute atomic E-state index is 12.0. The molecule has 19 heavy (non-hydrogen) atoms. The Morgan fingerprint density at radius 3 is 2.47 bits per heavy atom. The summed E-state index contributed by atoms with van der Waals surface area (Å²) in [6, 6.07) is 0. The van der Waals surface area contributed by atoms with E-state index in [0.29, 0.717) is 18.9 Å². The maximum atomic E-state index is 12.0. The fourth-order valence-electron chi connectivity index (χ4n) is 2.70. The van der Waals surface area contributed by atoms with Crippen molar-refractivity contribution in [1.29, 1.82) is 0 Å². The molecule has 0 bridgehead atoms. The van der Waals surface area contributed by atoms with Crippen molar-refractivity contribution in [2.45, 2.75) is 58.8 Å². The van der Waals surface area contributed by atoms with Crippen molar-refractivity contribution in [2.75, 3.05) is 12.4 Å². The average Bonchev–Trinajstić information content (AvgIpc) is 2.41. The second kappa shape index (κ2) is 9.40. The van der Waals surface area contributed by atoms with Crippen LogP contribution in [0.4, 0.5) is 0 Å². The molecule has 1 saturated carbocycles. The summed E-state index contributed by atoms with van der Waals surface area (Å²) in [6.45, 7) is 4.07. The fraction of sp³-hybridized carbons (Fsp3) is 0.867. The van der Waals surface area contributed by atoms with E-state index in [0.717, 1.165) is 12.2 Å². The van der Waals surface area contributed by atoms with Gasteiger partial charge < -0.3 is 4.74 Å². The standard InChI is InChI=1S/C15H26O3S/c1-3-18-14(16)13(15(17)19-4-2)11-10-12-8-6-5-7-9-12/h12-13H,3-11H2,1-2H3. The zero-order valence-electron chi connectivity index (χ0n) is 12.2. The molecular formula is C15H26O3S. The van der Waals surface area contributed by atoms with Crippen molar-refractivity contribution in [3.05, 3.63) is 0 Å². The predicted octanol–water partition coefficient (Wildman–Crippen LogP) is 3.81. The smallest absolute Gasteiger partial charge is 0.317 e. The van der Waals surface area contributed by atoms with E-state index in [2.05, 4.69) is 0 Å². The van der Waals surface area contributed by atoms with Gasteiger partial charge >= 0.3 is 5.97 Å². The molecule has 1 rings (SSSR count). The van der Waals surface area contributed by atoms with Crippen LogP contribution in [0, 0.1) is 11.8 Å². The zero-order valence-corrected chi connectivity index (χ0v) is 13.0. The molecule has 0 N–H and O–H groups in total. The first kappa shape index (κ1) is 16.5. The van der Waals surface area contributed by atoms with Crippen LogP contribution in [0.3, 0.4) is 0 Å². The molecule has 0 radical (unpaired) electrons. The second-order valence-corrected chi connectivity index (χ2v) is 6.41. The van der Waals surface area contributed by atoms with E-state index in [1.165, 1.54) is 43.9 Å². The molecule has 0 aromatic heterocycles. The normalized spacial score (nSPS) is 18.0. The van der Waals surface area contributed by atoms with Gasteiger partial charge in [-0.25, -0.2) is 0 Å². The third kappa shape index (κ3) is 5.98. The lowest BCUT2D eigenvalue weighted by atomic mass is 9.84. The van der Waals surface area contributed by atoms with Crippen LogP contribution in [0.1, 0.15) is 58.8 Å². The number of esters is 1. The van der Waals surface area contributed by atoms with E-state index in [4.69, 9.17) is 4.74 Å². The molecule has 1 fully saturated rings. The Hall–Kier alpha value is -0.510. The molecule has 1 unspecified atom stereocenters. The van der Waals surface area contributed by atoms with Crippen molar-refractivity contribution in [2.24, 2.45) is 11.8 Å². The third-order valence-corrected chi connectivity index (χ3v) is 4.59. The number of hydrogen-bond donors (Lipinski definition) is 0. The van der Waals surface area contributed by atoms with Gasteiger partial charge in [0, 0.05) is 0 Å². The first-order valence-electron chi connectivity index (χ1n) is 7.52. The molecule has 0 aromatic rings. The number of ether oxygens (including phenoxy) is 1. The van der Waals surface area contributed by atoms with Crippen LogP contribution >= 0.6 is 11.8 Å². The van der Waals surface area contributed by atoms with E-state index in [9.17, 15) is 9.59 Å². The summed E-state index contributed by atoms with van der Waals surface area (Å²) in [5.74, 6) is 0.541. The van der Waals surface area contributed by atoms with Gasteiger partial charge in [-0.15, -0.1) is 0 Å². The van der Waals surface area contributed by atoms with E-state index < -0.39 is 5.92 Å². The van der Waals surface area contributed by atoms with E-state index in [1.54, 1.807) is 6.92 Å². The van der Waals surface area contributed by atoms with Crippen molar-refractivity contribution in [1.82, 2.24) is 0 Å². The highest BCUT2D eigenvalue weighted by Crippen LogP contribution is 2.30. The Labute approximate surface area is 120 Å². The Morgan fingerprint density at radius 2 is 1.89 bits per heavy atom. The fourth-order valence-corrected chi connectivity index (χ4v) is 3.40. The van der Waals surface area contributed by atoms with Crippen LogP contribution in [0.25, 0.3) is 0 Å². The van der Waals surface area contributed by atoms with E-state index in [1.807, 2.05) is 6.92 Å². The van der Waals surface area contributed by atoms with E-state index >= 15 is 0 Å². The molecule has 1 aliphatic carbocycles. The SMILES string of the molecule is CCOC(=O)C(CCC1CCCCC1)C(=O)SCC. The van der Waals surface area contributed by atoms with Gasteiger partial charge in [-0.3, -0.25) is 9.59 Å². The molecule has 1 aliphatic rings. The lowest BCUT2D eigenvalue weighted by Crippen LogP contribution is -2.25. The van der Waals surface area contributed by atoms with Crippen LogP contribution in [0.5, 0.6) is 0 Å². The van der Waals surface area contributed by atoms with Gasteiger partial charge in [0.15, 0.2) is 0 Å². The number of hydrogen-bond acceptors (Lipinski definition) is 4. The Morgan fingerprint density at radius 1 is 1.21 bits per heavy atom. The van der Waals surface area contributed by atoms with Gasteiger partial charge in [0.1, 0.15) is 5.92 Å². The van der Waals surface area contributed by atoms with Crippen LogP contribution in [-0.4, -0.2) is 23.4 Å². The Bertz CT molecular complexity index is 267. The molecular weight excluding hydrogens is 260 g/mol. The Kier molecular flexibility index (Phi) is 8.19. The summed E-state index contributed by atoms with van der Waals surface area (Å²) in [5.41, 5.74) is 0. The topological polar surface area (TPSA) is 43.4 Å². The average molecular weight is 286 g/mol. The van der Waals surface area contributed by atoms with Crippen LogP contribution < -0.4 is 0 Å². The van der Waals surface area contributed by atoms with Crippen LogP contribution in [-0.2, 0) is 14.3 Å². The Balaban J connectivity index is 2.47. The van der Waals surface area contributed by atoms with Gasteiger partial charge in [-0.1, -0.05) is 50.8 Å². The molecule has 0 aromatic carbocycles. The number of rotatable bonds is 7. The minimum absolute atomic E-state index is 0.0169. The zero-order chi connectivity index (χ0) is 14.1. The van der Waals surface area contributed by atoms with Gasteiger partial charge in [-0.05, 0) is 31.4 Å². The summed E-state index contributed by atoms with van der Waals surface area (Å²) in [5, 5.41) is -0.0169. The largest absolute Gasteiger partial charge is 0.465 e. The lowest BCUT2D eigenvalue weighted by Gasteiger charge is -2.23. The first-order valence-corrected chi connectivity index (χ1v) is 8.50. The summed E-state index contributed by atoms with van der Waals surface area (Å²) < 4.78 is 5.04. The minimum Gasteiger partial charge on any atom is -0.465 e. The quantitative estimate of drug-likeness (QED) is 0.527. The molecule has 110 valence electrons. The van der Waals surface area contributed by atoms with Gasteiger partial charge in [0.05, 0.1) is 6.61 Å². The molecule has 1 atom stereocenters. The molecule has 4 heteroatoms. The third-order valence-electron chi connectivity index (χ3n) is 3.73. The highest BCUT2D eigenvalue weighted by Gasteiger charge is 2.28. The number of carbonyl (C=O) groups is 2. The molecule has 0 amide bonds. The minimum atomic E-state index is -0.549. The summed E-state index contributed by atoms with van der Waals surface area (Å²) in [7, 11) is 0. The second-order valence-electron chi connectivity index (χ2n) is 5.14. The summed E-state index contributed by atoms with van der Waals surface area (Å²) in [4.78, 5) is 23.9. The van der Waals surface area contributed by atoms with Crippen LogP contribution in [0.2, 0.25) is 0 Å². The highest BCUT2D eigenvalue weighted by atomic mass is 32.2. The monoisotopic (exact) mass is 286 g/mol. The van der Waals surface area contributed by atoms with Gasteiger partial charge in [-0.2, -0.15) is 0 Å². The maximum Gasteiger partial charge on any atom is 0.317 e. The van der Waals surface area contributed by atoms with Crippen molar-refractivity contribution in [3.63, 3.8) is 0 Å². The molecule has 3 nitrogen and oxygen atoms in total. The predicted molar refractivity (Wildman–Crippen MR) is 79.1 cm³/mol. The summed E-state index contributed by atoms with van der Waals surface area (Å²) in [6.07, 6.45) is 8.09. The molecule has 0 spiro atoms. The lowest BCUT2D eigenvalue weighted by molar-refractivity contribution is -0.150. The van der Waals surface area contributed by atoms with Crippen LogP contribution in [0.15, 0.2) is 0 Å². The van der Waals surface area contributed by atoms with E-state index in [-0.39, 0.29) is 11.1 Å².